The lowest BCUT2D eigenvalue weighted by Gasteiger charge is -2.41. The second kappa shape index (κ2) is 10.3. The van der Waals surface area contributed by atoms with E-state index in [4.69, 9.17) is 0 Å². The van der Waals surface area contributed by atoms with Gasteiger partial charge < -0.3 is 10.2 Å². The molecule has 1 fully saturated rings. The first kappa shape index (κ1) is 25.7. The molecule has 0 bridgehead atoms. The van der Waals surface area contributed by atoms with Crippen molar-refractivity contribution in [2.24, 2.45) is 5.92 Å². The first-order valence-corrected chi connectivity index (χ1v) is 12.9. The number of nitrogens with one attached hydrogen (secondary N) is 1. The molecule has 3 aromatic carbocycles. The highest BCUT2D eigenvalue weighted by atomic mass is 16.2. The fraction of sp³-hybridized carbons (Fsp3) is 0.375. The monoisotopic (exact) mass is 482 g/mol. The summed E-state index contributed by atoms with van der Waals surface area (Å²) in [5.74, 6) is -0.373. The molecule has 0 spiro atoms. The van der Waals surface area contributed by atoms with Gasteiger partial charge in [-0.25, -0.2) is 0 Å². The van der Waals surface area contributed by atoms with Gasteiger partial charge in [0.05, 0.1) is 12.0 Å². The van der Waals surface area contributed by atoms with Gasteiger partial charge in [-0.05, 0) is 73.4 Å². The van der Waals surface area contributed by atoms with Crippen molar-refractivity contribution in [3.05, 3.63) is 100 Å². The molecule has 1 aliphatic rings. The average Bonchev–Trinajstić information content (AvgIpc) is 2.83. The maximum Gasteiger partial charge on any atom is 0.254 e. The summed E-state index contributed by atoms with van der Waals surface area (Å²) in [7, 11) is 0. The Morgan fingerprint density at radius 1 is 0.889 bits per heavy atom. The van der Waals surface area contributed by atoms with Gasteiger partial charge in [0, 0.05) is 17.8 Å². The van der Waals surface area contributed by atoms with Gasteiger partial charge in [-0.1, -0.05) is 80.9 Å². The number of hydrogen-bond donors (Lipinski definition) is 1. The Balaban J connectivity index is 1.70. The Morgan fingerprint density at radius 3 is 2.17 bits per heavy atom. The van der Waals surface area contributed by atoms with E-state index in [0.717, 1.165) is 46.3 Å². The Bertz CT molecular complexity index is 1230. The number of aryl methyl sites for hydroxylation is 3. The topological polar surface area (TPSA) is 49.4 Å². The minimum Gasteiger partial charge on any atom is -0.331 e. The molecule has 0 unspecified atom stereocenters. The van der Waals surface area contributed by atoms with Gasteiger partial charge >= 0.3 is 0 Å². The third-order valence-corrected chi connectivity index (χ3v) is 7.34. The van der Waals surface area contributed by atoms with Crippen LogP contribution in [0.1, 0.15) is 77.8 Å². The maximum atomic E-state index is 14.0. The van der Waals surface area contributed by atoms with Crippen LogP contribution in [0.4, 0.5) is 5.69 Å². The van der Waals surface area contributed by atoms with E-state index in [9.17, 15) is 9.59 Å². The summed E-state index contributed by atoms with van der Waals surface area (Å²) in [6.07, 6.45) is 1.53. The number of nitrogens with zero attached hydrogens (tertiary/aromatic N) is 1. The number of amides is 2. The molecule has 0 radical (unpaired) electrons. The van der Waals surface area contributed by atoms with Crippen molar-refractivity contribution in [1.82, 2.24) is 4.90 Å². The van der Waals surface area contributed by atoms with Crippen molar-refractivity contribution in [2.75, 3.05) is 11.9 Å². The highest BCUT2D eigenvalue weighted by Crippen LogP contribution is 2.39. The summed E-state index contributed by atoms with van der Waals surface area (Å²) < 4.78 is 0. The number of benzene rings is 3. The number of rotatable bonds is 4. The summed E-state index contributed by atoms with van der Waals surface area (Å²) in [5.41, 5.74) is 6.80. The van der Waals surface area contributed by atoms with Crippen LogP contribution in [0, 0.1) is 26.7 Å². The summed E-state index contributed by atoms with van der Waals surface area (Å²) in [6, 6.07) is 22.0. The first-order chi connectivity index (χ1) is 17.1. The van der Waals surface area contributed by atoms with E-state index >= 15 is 0 Å². The fourth-order valence-electron chi connectivity index (χ4n) is 5.27. The molecule has 3 aromatic rings. The van der Waals surface area contributed by atoms with Crippen LogP contribution in [0.25, 0.3) is 0 Å². The third kappa shape index (κ3) is 5.38. The van der Waals surface area contributed by atoms with Crippen LogP contribution in [0.3, 0.4) is 0 Å². The van der Waals surface area contributed by atoms with Crippen LogP contribution in [0.5, 0.6) is 0 Å². The second-order valence-electron chi connectivity index (χ2n) is 11.2. The van der Waals surface area contributed by atoms with E-state index in [1.165, 1.54) is 5.56 Å². The Morgan fingerprint density at radius 2 is 1.53 bits per heavy atom. The van der Waals surface area contributed by atoms with Crippen LogP contribution in [0.15, 0.2) is 66.7 Å². The standard InChI is InChI=1S/C32H38N2O2/c1-21-15-17-24(18-16-21)29-27(30(35)33-26-13-8-12-25(20-26)32(4,5)6)14-9-19-34(29)31(36)28-22(2)10-7-11-23(28)3/h7-8,10-13,15-18,20,27,29H,9,14,19H2,1-6H3,(H,33,35)/t27-,29-/m0/s1. The molecule has 1 heterocycles. The van der Waals surface area contributed by atoms with Crippen LogP contribution in [-0.4, -0.2) is 23.3 Å². The molecule has 1 N–H and O–H groups in total. The maximum absolute atomic E-state index is 14.0. The normalized spacial score (nSPS) is 18.1. The van der Waals surface area contributed by atoms with Gasteiger partial charge in [0.2, 0.25) is 5.91 Å². The van der Waals surface area contributed by atoms with E-state index in [2.05, 4.69) is 69.4 Å². The molecule has 4 rings (SSSR count). The molecule has 188 valence electrons. The van der Waals surface area contributed by atoms with Gasteiger partial charge in [0.25, 0.3) is 5.91 Å². The zero-order valence-corrected chi connectivity index (χ0v) is 22.4. The minimum atomic E-state index is -0.340. The number of likely N-dealkylation sites (tertiary alicyclic amines) is 1. The molecular formula is C32H38N2O2. The Hall–Kier alpha value is -3.40. The first-order valence-electron chi connectivity index (χ1n) is 12.9. The Kier molecular flexibility index (Phi) is 7.35. The van der Waals surface area contributed by atoms with Gasteiger partial charge in [0.15, 0.2) is 0 Å². The summed E-state index contributed by atoms with van der Waals surface area (Å²) in [4.78, 5) is 29.7. The third-order valence-electron chi connectivity index (χ3n) is 7.34. The van der Waals surface area contributed by atoms with Gasteiger partial charge in [0.1, 0.15) is 0 Å². The van der Waals surface area contributed by atoms with Crippen molar-refractivity contribution in [2.45, 2.75) is 65.8 Å². The van der Waals surface area contributed by atoms with Gasteiger partial charge in [-0.15, -0.1) is 0 Å². The number of carbonyl (C=O) groups excluding carboxylic acids is 2. The van der Waals surface area contributed by atoms with Crippen molar-refractivity contribution >= 4 is 17.5 Å². The molecule has 4 heteroatoms. The predicted octanol–water partition coefficient (Wildman–Crippen LogP) is 7.14. The summed E-state index contributed by atoms with van der Waals surface area (Å²) in [6.45, 7) is 13.2. The SMILES string of the molecule is Cc1ccc([C@H]2[C@@H](C(=O)Nc3cccc(C(C)(C)C)c3)CCCN2C(=O)c2c(C)cccc2C)cc1. The zero-order valence-electron chi connectivity index (χ0n) is 22.4. The van der Waals surface area contributed by atoms with Gasteiger partial charge in [-0.2, -0.15) is 0 Å². The molecule has 1 aliphatic heterocycles. The van der Waals surface area contributed by atoms with Gasteiger partial charge in [-0.3, -0.25) is 9.59 Å². The van der Waals surface area contributed by atoms with Crippen molar-refractivity contribution in [3.8, 4) is 0 Å². The van der Waals surface area contributed by atoms with E-state index < -0.39 is 0 Å². The minimum absolute atomic E-state index is 0.00315. The molecule has 0 saturated carbocycles. The van der Waals surface area contributed by atoms with E-state index in [-0.39, 0.29) is 29.2 Å². The molecule has 1 saturated heterocycles. The van der Waals surface area contributed by atoms with Crippen LogP contribution < -0.4 is 5.32 Å². The smallest absolute Gasteiger partial charge is 0.254 e. The average molecular weight is 483 g/mol. The van der Waals surface area contributed by atoms with E-state index in [1.807, 2.05) is 49.1 Å². The Labute approximate surface area is 215 Å². The number of anilines is 1. The molecular weight excluding hydrogens is 444 g/mol. The lowest BCUT2D eigenvalue weighted by molar-refractivity contribution is -0.123. The molecule has 4 nitrogen and oxygen atoms in total. The summed E-state index contributed by atoms with van der Waals surface area (Å²) >= 11 is 0. The van der Waals surface area contributed by atoms with Crippen LogP contribution in [-0.2, 0) is 10.2 Å². The fourth-order valence-corrected chi connectivity index (χ4v) is 5.27. The highest BCUT2D eigenvalue weighted by molar-refractivity contribution is 5.99. The zero-order chi connectivity index (χ0) is 26.0. The molecule has 2 atom stereocenters. The largest absolute Gasteiger partial charge is 0.331 e. The number of hydrogen-bond acceptors (Lipinski definition) is 2. The number of piperidine rings is 1. The lowest BCUT2D eigenvalue weighted by atomic mass is 9.82. The second-order valence-corrected chi connectivity index (χ2v) is 11.2. The van der Waals surface area contributed by atoms with E-state index in [1.54, 1.807) is 0 Å². The molecule has 36 heavy (non-hydrogen) atoms. The molecule has 0 aromatic heterocycles. The summed E-state index contributed by atoms with van der Waals surface area (Å²) in [5, 5.41) is 3.18. The van der Waals surface area contributed by atoms with Crippen LogP contribution >= 0.6 is 0 Å². The highest BCUT2D eigenvalue weighted by Gasteiger charge is 2.40. The van der Waals surface area contributed by atoms with Crippen molar-refractivity contribution in [3.63, 3.8) is 0 Å². The molecule has 0 aliphatic carbocycles. The number of carbonyl (C=O) groups is 2. The molecule has 2 amide bonds. The van der Waals surface area contributed by atoms with Crippen LogP contribution in [0.2, 0.25) is 0 Å². The van der Waals surface area contributed by atoms with E-state index in [0.29, 0.717) is 6.54 Å². The van der Waals surface area contributed by atoms with Crippen molar-refractivity contribution in [1.29, 1.82) is 0 Å². The quantitative estimate of drug-likeness (QED) is 0.430. The van der Waals surface area contributed by atoms with Crippen molar-refractivity contribution < 1.29 is 9.59 Å². The predicted molar refractivity (Wildman–Crippen MR) is 147 cm³/mol. The lowest BCUT2D eigenvalue weighted by Crippen LogP contribution is -2.46.